The van der Waals surface area contributed by atoms with Crippen molar-refractivity contribution in [3.8, 4) is 0 Å². The molecule has 1 aromatic heterocycles. The van der Waals surface area contributed by atoms with E-state index in [0.717, 1.165) is 18.7 Å². The SMILES string of the molecule is CC(C)CNc1ncc(C(=O)Nc2ccc(F)c(F)c2)cn1. The molecule has 0 spiro atoms. The molecular weight excluding hydrogens is 290 g/mol. The van der Waals surface area contributed by atoms with Gasteiger partial charge in [0.05, 0.1) is 5.56 Å². The number of hydrogen-bond donors (Lipinski definition) is 2. The Morgan fingerprint density at radius 2 is 1.86 bits per heavy atom. The molecule has 0 aliphatic carbocycles. The summed E-state index contributed by atoms with van der Waals surface area (Å²) >= 11 is 0. The first-order chi connectivity index (χ1) is 10.5. The van der Waals surface area contributed by atoms with E-state index in [9.17, 15) is 13.6 Å². The molecule has 1 amide bonds. The molecule has 2 aromatic rings. The Bertz CT molecular complexity index is 659. The van der Waals surface area contributed by atoms with E-state index in [1.54, 1.807) is 0 Å². The number of rotatable bonds is 5. The zero-order chi connectivity index (χ0) is 16.1. The third-order valence-corrected chi connectivity index (χ3v) is 2.76. The molecule has 1 aromatic carbocycles. The molecular formula is C15H16F2N4O. The van der Waals surface area contributed by atoms with Crippen LogP contribution in [0.4, 0.5) is 20.4 Å². The van der Waals surface area contributed by atoms with E-state index >= 15 is 0 Å². The van der Waals surface area contributed by atoms with Crippen molar-refractivity contribution in [3.63, 3.8) is 0 Å². The quantitative estimate of drug-likeness (QED) is 0.891. The second-order valence-corrected chi connectivity index (χ2v) is 5.15. The van der Waals surface area contributed by atoms with Gasteiger partial charge in [0, 0.05) is 30.7 Å². The molecule has 0 saturated carbocycles. The molecule has 0 fully saturated rings. The number of halogens is 2. The zero-order valence-electron chi connectivity index (χ0n) is 12.2. The fourth-order valence-electron chi connectivity index (χ4n) is 1.61. The third-order valence-electron chi connectivity index (χ3n) is 2.76. The summed E-state index contributed by atoms with van der Waals surface area (Å²) in [6.45, 7) is 4.83. The number of nitrogens with zero attached hydrogens (tertiary/aromatic N) is 2. The van der Waals surface area contributed by atoms with Gasteiger partial charge in [-0.3, -0.25) is 4.79 Å². The van der Waals surface area contributed by atoms with Crippen molar-refractivity contribution in [2.24, 2.45) is 5.92 Å². The Morgan fingerprint density at radius 3 is 2.45 bits per heavy atom. The summed E-state index contributed by atoms with van der Waals surface area (Å²) in [4.78, 5) is 20.0. The second kappa shape index (κ2) is 6.93. The molecule has 0 aliphatic rings. The fourth-order valence-corrected chi connectivity index (χ4v) is 1.61. The first-order valence-corrected chi connectivity index (χ1v) is 6.78. The number of benzene rings is 1. The van der Waals surface area contributed by atoms with Crippen LogP contribution in [0.15, 0.2) is 30.6 Å². The highest BCUT2D eigenvalue weighted by Gasteiger charge is 2.09. The lowest BCUT2D eigenvalue weighted by Gasteiger charge is -2.08. The topological polar surface area (TPSA) is 66.9 Å². The van der Waals surface area contributed by atoms with Gasteiger partial charge in [0.15, 0.2) is 11.6 Å². The van der Waals surface area contributed by atoms with E-state index in [-0.39, 0.29) is 11.3 Å². The molecule has 0 unspecified atom stereocenters. The van der Waals surface area contributed by atoms with E-state index < -0.39 is 17.5 Å². The number of carbonyl (C=O) groups is 1. The van der Waals surface area contributed by atoms with E-state index in [0.29, 0.717) is 11.9 Å². The minimum Gasteiger partial charge on any atom is -0.354 e. The summed E-state index contributed by atoms with van der Waals surface area (Å²) in [5.74, 6) is -1.62. The van der Waals surface area contributed by atoms with E-state index in [1.807, 2.05) is 0 Å². The molecule has 2 rings (SSSR count). The van der Waals surface area contributed by atoms with Crippen molar-refractivity contribution in [2.45, 2.75) is 13.8 Å². The highest BCUT2D eigenvalue weighted by Crippen LogP contribution is 2.14. The number of carbonyl (C=O) groups excluding carboxylic acids is 1. The smallest absolute Gasteiger partial charge is 0.258 e. The average molecular weight is 306 g/mol. The van der Waals surface area contributed by atoms with Gasteiger partial charge in [0.1, 0.15) is 0 Å². The number of amides is 1. The van der Waals surface area contributed by atoms with Crippen molar-refractivity contribution < 1.29 is 13.6 Å². The van der Waals surface area contributed by atoms with Gasteiger partial charge in [-0.25, -0.2) is 18.7 Å². The highest BCUT2D eigenvalue weighted by molar-refractivity contribution is 6.03. The Balaban J connectivity index is 2.01. The van der Waals surface area contributed by atoms with Crippen LogP contribution in [-0.2, 0) is 0 Å². The standard InChI is InChI=1S/C15H16F2N4O/c1-9(2)6-18-15-19-7-10(8-20-15)14(22)21-11-3-4-12(16)13(17)5-11/h3-5,7-9H,6H2,1-2H3,(H,21,22)(H,18,19,20). The van der Waals surface area contributed by atoms with Crippen LogP contribution in [-0.4, -0.2) is 22.4 Å². The lowest BCUT2D eigenvalue weighted by Crippen LogP contribution is -2.15. The van der Waals surface area contributed by atoms with Crippen molar-refractivity contribution in [1.82, 2.24) is 9.97 Å². The Hall–Kier alpha value is -2.57. The minimum atomic E-state index is -1.03. The molecule has 0 bridgehead atoms. The molecule has 0 aliphatic heterocycles. The summed E-state index contributed by atoms with van der Waals surface area (Å²) in [7, 11) is 0. The zero-order valence-corrected chi connectivity index (χ0v) is 12.2. The van der Waals surface area contributed by atoms with Gasteiger partial charge in [-0.05, 0) is 18.1 Å². The number of aromatic nitrogens is 2. The van der Waals surface area contributed by atoms with Crippen molar-refractivity contribution in [1.29, 1.82) is 0 Å². The molecule has 116 valence electrons. The number of hydrogen-bond acceptors (Lipinski definition) is 4. The highest BCUT2D eigenvalue weighted by atomic mass is 19.2. The van der Waals surface area contributed by atoms with Crippen LogP contribution >= 0.6 is 0 Å². The van der Waals surface area contributed by atoms with Crippen LogP contribution in [0.2, 0.25) is 0 Å². The van der Waals surface area contributed by atoms with E-state index in [2.05, 4.69) is 34.4 Å². The molecule has 1 heterocycles. The molecule has 2 N–H and O–H groups in total. The molecule has 5 nitrogen and oxygen atoms in total. The van der Waals surface area contributed by atoms with Crippen LogP contribution in [0, 0.1) is 17.6 Å². The van der Waals surface area contributed by atoms with E-state index in [1.165, 1.54) is 18.5 Å². The molecule has 0 saturated heterocycles. The normalized spacial score (nSPS) is 10.6. The van der Waals surface area contributed by atoms with Gasteiger partial charge in [-0.1, -0.05) is 13.8 Å². The molecule has 0 atom stereocenters. The summed E-state index contributed by atoms with van der Waals surface area (Å²) < 4.78 is 25.9. The predicted octanol–water partition coefficient (Wildman–Crippen LogP) is 3.08. The minimum absolute atomic E-state index is 0.158. The lowest BCUT2D eigenvalue weighted by molar-refractivity contribution is 0.102. The second-order valence-electron chi connectivity index (χ2n) is 5.15. The maximum absolute atomic E-state index is 13.1. The lowest BCUT2D eigenvalue weighted by atomic mass is 10.2. The van der Waals surface area contributed by atoms with Gasteiger partial charge in [-0.2, -0.15) is 0 Å². The third kappa shape index (κ3) is 4.21. The first-order valence-electron chi connectivity index (χ1n) is 6.78. The Morgan fingerprint density at radius 1 is 1.18 bits per heavy atom. The summed E-state index contributed by atoms with van der Waals surface area (Å²) in [6.07, 6.45) is 2.73. The van der Waals surface area contributed by atoms with Gasteiger partial charge >= 0.3 is 0 Å². The summed E-state index contributed by atoms with van der Waals surface area (Å²) in [6, 6.07) is 3.13. The van der Waals surface area contributed by atoms with Gasteiger partial charge in [0.25, 0.3) is 5.91 Å². The van der Waals surface area contributed by atoms with Crippen LogP contribution in [0.25, 0.3) is 0 Å². The summed E-state index contributed by atoms with van der Waals surface area (Å²) in [5.41, 5.74) is 0.380. The molecule has 22 heavy (non-hydrogen) atoms. The molecule has 7 heteroatoms. The number of anilines is 2. The first kappa shape index (κ1) is 15.8. The van der Waals surface area contributed by atoms with Gasteiger partial charge < -0.3 is 10.6 Å². The van der Waals surface area contributed by atoms with Crippen LogP contribution in [0.1, 0.15) is 24.2 Å². The summed E-state index contributed by atoms with van der Waals surface area (Å²) in [5, 5.41) is 5.48. The monoisotopic (exact) mass is 306 g/mol. The Labute approximate surface area is 126 Å². The van der Waals surface area contributed by atoms with Crippen molar-refractivity contribution >= 4 is 17.5 Å². The van der Waals surface area contributed by atoms with Crippen molar-refractivity contribution in [2.75, 3.05) is 17.2 Å². The van der Waals surface area contributed by atoms with Crippen LogP contribution in [0.5, 0.6) is 0 Å². The van der Waals surface area contributed by atoms with Gasteiger partial charge in [-0.15, -0.1) is 0 Å². The van der Waals surface area contributed by atoms with Gasteiger partial charge in [0.2, 0.25) is 5.95 Å². The van der Waals surface area contributed by atoms with E-state index in [4.69, 9.17) is 0 Å². The largest absolute Gasteiger partial charge is 0.354 e. The van der Waals surface area contributed by atoms with Crippen molar-refractivity contribution in [3.05, 3.63) is 47.8 Å². The molecule has 0 radical (unpaired) electrons. The maximum Gasteiger partial charge on any atom is 0.258 e. The average Bonchev–Trinajstić information content (AvgIpc) is 2.49. The Kier molecular flexibility index (Phi) is 4.98. The van der Waals surface area contributed by atoms with Crippen LogP contribution < -0.4 is 10.6 Å². The van der Waals surface area contributed by atoms with Crippen LogP contribution in [0.3, 0.4) is 0 Å². The predicted molar refractivity (Wildman–Crippen MR) is 79.7 cm³/mol. The number of nitrogens with one attached hydrogen (secondary N) is 2. The maximum atomic E-state index is 13.1. The fraction of sp³-hybridized carbons (Fsp3) is 0.267.